The second kappa shape index (κ2) is 7.36. The van der Waals surface area contributed by atoms with Crippen LogP contribution in [0.3, 0.4) is 0 Å². The van der Waals surface area contributed by atoms with E-state index in [-0.39, 0.29) is 11.9 Å². The Kier molecular flexibility index (Phi) is 6.12. The first-order chi connectivity index (χ1) is 8.99. The molecule has 0 spiro atoms. The molecule has 0 aliphatic heterocycles. The van der Waals surface area contributed by atoms with Gasteiger partial charge in [-0.3, -0.25) is 4.79 Å². The van der Waals surface area contributed by atoms with Crippen molar-refractivity contribution in [1.29, 1.82) is 0 Å². The molecule has 19 heavy (non-hydrogen) atoms. The summed E-state index contributed by atoms with van der Waals surface area (Å²) >= 11 is 6.04. The molecule has 1 aromatic rings. The average Bonchev–Trinajstić information content (AvgIpc) is 2.38. The lowest BCUT2D eigenvalue weighted by molar-refractivity contribution is 0.0930. The Hall–Kier alpha value is -1.26. The number of hydrogen-bond donors (Lipinski definition) is 2. The first-order valence-electron chi connectivity index (χ1n) is 6.56. The Morgan fingerprint density at radius 3 is 2.63 bits per heavy atom. The molecule has 1 aromatic carbocycles. The number of nitrogens with two attached hydrogens (primary N) is 1. The third-order valence-electron chi connectivity index (χ3n) is 3.08. The van der Waals surface area contributed by atoms with Crippen LogP contribution >= 0.6 is 11.6 Å². The number of anilines is 1. The number of nitrogens with one attached hydrogen (secondary N) is 1. The number of halogens is 1. The molecule has 1 unspecified atom stereocenters. The van der Waals surface area contributed by atoms with Crippen molar-refractivity contribution >= 4 is 23.2 Å². The summed E-state index contributed by atoms with van der Waals surface area (Å²) in [7, 11) is 0. The van der Waals surface area contributed by atoms with Gasteiger partial charge in [0.05, 0.1) is 16.3 Å². The van der Waals surface area contributed by atoms with Gasteiger partial charge in [0.1, 0.15) is 0 Å². The van der Waals surface area contributed by atoms with Crippen molar-refractivity contribution in [3.05, 3.63) is 28.8 Å². The van der Waals surface area contributed by atoms with Gasteiger partial charge in [0, 0.05) is 12.6 Å². The highest BCUT2D eigenvalue weighted by atomic mass is 35.5. The Morgan fingerprint density at radius 2 is 2.05 bits per heavy atom. The number of rotatable bonds is 6. The van der Waals surface area contributed by atoms with Crippen LogP contribution in [0.1, 0.15) is 31.1 Å². The monoisotopic (exact) mass is 283 g/mol. The van der Waals surface area contributed by atoms with E-state index in [4.69, 9.17) is 17.3 Å². The molecule has 106 valence electrons. The summed E-state index contributed by atoms with van der Waals surface area (Å²) in [5.41, 5.74) is 6.54. The smallest absolute Gasteiger partial charge is 0.253 e. The average molecular weight is 284 g/mol. The summed E-state index contributed by atoms with van der Waals surface area (Å²) in [6.07, 6.45) is 0. The fourth-order valence-electron chi connectivity index (χ4n) is 1.94. The molecule has 0 bridgehead atoms. The standard InChI is InChI=1S/C14H22ClN3O/c1-4-18(5-2)9-10(3)17-14(19)11-7-6-8-12(16)13(11)15/h6-8,10H,4-5,9,16H2,1-3H3,(H,17,19). The molecule has 0 heterocycles. The number of amides is 1. The van der Waals surface area contributed by atoms with Gasteiger partial charge in [-0.2, -0.15) is 0 Å². The number of benzene rings is 1. The van der Waals surface area contributed by atoms with Crippen LogP contribution in [0.5, 0.6) is 0 Å². The van der Waals surface area contributed by atoms with E-state index in [1.165, 1.54) is 0 Å². The van der Waals surface area contributed by atoms with E-state index in [0.717, 1.165) is 19.6 Å². The fourth-order valence-corrected chi connectivity index (χ4v) is 2.15. The van der Waals surface area contributed by atoms with Crippen LogP contribution in [0.2, 0.25) is 5.02 Å². The molecule has 0 saturated heterocycles. The highest BCUT2D eigenvalue weighted by Crippen LogP contribution is 2.22. The largest absolute Gasteiger partial charge is 0.398 e. The number of carbonyl (C=O) groups is 1. The highest BCUT2D eigenvalue weighted by Gasteiger charge is 2.15. The van der Waals surface area contributed by atoms with E-state index in [0.29, 0.717) is 16.3 Å². The van der Waals surface area contributed by atoms with Crippen LogP contribution in [0.25, 0.3) is 0 Å². The maximum atomic E-state index is 12.1. The highest BCUT2D eigenvalue weighted by molar-refractivity contribution is 6.36. The van der Waals surface area contributed by atoms with E-state index in [2.05, 4.69) is 24.1 Å². The summed E-state index contributed by atoms with van der Waals surface area (Å²) < 4.78 is 0. The van der Waals surface area contributed by atoms with Gasteiger partial charge in [-0.15, -0.1) is 0 Å². The summed E-state index contributed by atoms with van der Waals surface area (Å²) in [6.45, 7) is 8.94. The molecule has 0 aliphatic carbocycles. The minimum atomic E-state index is -0.183. The lowest BCUT2D eigenvalue weighted by atomic mass is 10.1. The molecule has 0 fully saturated rings. The van der Waals surface area contributed by atoms with E-state index in [1.807, 2.05) is 6.92 Å². The van der Waals surface area contributed by atoms with Crippen LogP contribution in [-0.2, 0) is 0 Å². The quantitative estimate of drug-likeness (QED) is 0.788. The van der Waals surface area contributed by atoms with Gasteiger partial charge < -0.3 is 16.0 Å². The van der Waals surface area contributed by atoms with Crippen LogP contribution in [0.15, 0.2) is 18.2 Å². The first-order valence-corrected chi connectivity index (χ1v) is 6.94. The minimum Gasteiger partial charge on any atom is -0.398 e. The van der Waals surface area contributed by atoms with Crippen LogP contribution in [-0.4, -0.2) is 36.5 Å². The topological polar surface area (TPSA) is 58.4 Å². The van der Waals surface area contributed by atoms with Crippen molar-refractivity contribution in [3.63, 3.8) is 0 Å². The molecule has 0 radical (unpaired) electrons. The lowest BCUT2D eigenvalue weighted by Gasteiger charge is -2.23. The SMILES string of the molecule is CCN(CC)CC(C)NC(=O)c1cccc(N)c1Cl. The van der Waals surface area contributed by atoms with E-state index >= 15 is 0 Å². The molecular formula is C14H22ClN3O. The molecule has 0 aliphatic rings. The lowest BCUT2D eigenvalue weighted by Crippen LogP contribution is -2.42. The molecule has 0 aromatic heterocycles. The van der Waals surface area contributed by atoms with Crippen molar-refractivity contribution in [2.45, 2.75) is 26.8 Å². The molecule has 0 saturated carbocycles. The predicted octanol–water partition coefficient (Wildman–Crippen LogP) is 2.38. The maximum Gasteiger partial charge on any atom is 0.253 e. The third-order valence-corrected chi connectivity index (χ3v) is 3.50. The number of hydrogen-bond acceptors (Lipinski definition) is 3. The summed E-state index contributed by atoms with van der Waals surface area (Å²) in [5.74, 6) is -0.183. The van der Waals surface area contributed by atoms with E-state index in [1.54, 1.807) is 18.2 Å². The van der Waals surface area contributed by atoms with Crippen molar-refractivity contribution in [1.82, 2.24) is 10.2 Å². The van der Waals surface area contributed by atoms with Crippen LogP contribution in [0.4, 0.5) is 5.69 Å². The third kappa shape index (κ3) is 4.40. The first kappa shape index (κ1) is 15.8. The number of carbonyl (C=O) groups excluding carboxylic acids is 1. The molecule has 4 nitrogen and oxygen atoms in total. The van der Waals surface area contributed by atoms with Crippen molar-refractivity contribution in [2.75, 3.05) is 25.4 Å². The van der Waals surface area contributed by atoms with E-state index < -0.39 is 0 Å². The van der Waals surface area contributed by atoms with Crippen molar-refractivity contribution in [2.24, 2.45) is 0 Å². The summed E-state index contributed by atoms with van der Waals surface area (Å²) in [6, 6.07) is 5.15. The van der Waals surface area contributed by atoms with Crippen molar-refractivity contribution in [3.8, 4) is 0 Å². The molecular weight excluding hydrogens is 262 g/mol. The normalized spacial score (nSPS) is 12.5. The van der Waals surface area contributed by atoms with Crippen LogP contribution in [0, 0.1) is 0 Å². The van der Waals surface area contributed by atoms with Gasteiger partial charge in [-0.25, -0.2) is 0 Å². The minimum absolute atomic E-state index is 0.0601. The molecule has 1 atom stereocenters. The van der Waals surface area contributed by atoms with Gasteiger partial charge in [0.25, 0.3) is 5.91 Å². The van der Waals surface area contributed by atoms with Gasteiger partial charge in [0.15, 0.2) is 0 Å². The zero-order chi connectivity index (χ0) is 14.4. The zero-order valence-corrected chi connectivity index (χ0v) is 12.5. The fraction of sp³-hybridized carbons (Fsp3) is 0.500. The second-order valence-corrected chi connectivity index (χ2v) is 4.95. The number of likely N-dealkylation sites (N-methyl/N-ethyl adjacent to an activating group) is 1. The van der Waals surface area contributed by atoms with Gasteiger partial charge in [-0.1, -0.05) is 31.5 Å². The van der Waals surface area contributed by atoms with Crippen LogP contribution < -0.4 is 11.1 Å². The molecule has 3 N–H and O–H groups in total. The van der Waals surface area contributed by atoms with Gasteiger partial charge in [0.2, 0.25) is 0 Å². The van der Waals surface area contributed by atoms with Gasteiger partial charge in [-0.05, 0) is 32.1 Å². The summed E-state index contributed by atoms with van der Waals surface area (Å²) in [4.78, 5) is 14.4. The Morgan fingerprint density at radius 1 is 1.42 bits per heavy atom. The predicted molar refractivity (Wildman–Crippen MR) is 80.6 cm³/mol. The molecule has 1 amide bonds. The Balaban J connectivity index is 2.66. The van der Waals surface area contributed by atoms with Crippen molar-refractivity contribution < 1.29 is 4.79 Å². The van der Waals surface area contributed by atoms with Gasteiger partial charge >= 0.3 is 0 Å². The maximum absolute atomic E-state index is 12.1. The molecule has 5 heteroatoms. The zero-order valence-electron chi connectivity index (χ0n) is 11.7. The molecule has 1 rings (SSSR count). The Bertz CT molecular complexity index is 433. The second-order valence-electron chi connectivity index (χ2n) is 4.57. The Labute approximate surface area is 119 Å². The number of nitrogen functional groups attached to an aromatic ring is 1. The van der Waals surface area contributed by atoms with E-state index in [9.17, 15) is 4.79 Å². The number of nitrogens with zero attached hydrogens (tertiary/aromatic N) is 1. The summed E-state index contributed by atoms with van der Waals surface area (Å²) in [5, 5.41) is 3.26.